The third-order valence-corrected chi connectivity index (χ3v) is 7.33. The number of aliphatic hydroxyl groups is 1. The van der Waals surface area contributed by atoms with Gasteiger partial charge in [-0.2, -0.15) is 0 Å². The van der Waals surface area contributed by atoms with Gasteiger partial charge in [0.15, 0.2) is 30.8 Å². The van der Waals surface area contributed by atoms with Crippen LogP contribution in [0.2, 0.25) is 0 Å². The van der Waals surface area contributed by atoms with E-state index in [2.05, 4.69) is 0 Å². The number of rotatable bonds is 7. The van der Waals surface area contributed by atoms with E-state index in [9.17, 15) is 19.5 Å². The molecule has 3 aromatic heterocycles. The number of pyridine rings is 3. The van der Waals surface area contributed by atoms with Gasteiger partial charge in [-0.3, -0.25) is 9.59 Å². The Kier molecular flexibility index (Phi) is 5.80. The van der Waals surface area contributed by atoms with Gasteiger partial charge in [-0.1, -0.05) is 6.92 Å². The zero-order valence-corrected chi connectivity index (χ0v) is 20.8. The smallest absolute Gasteiger partial charge is 0.343 e. The highest BCUT2D eigenvalue weighted by molar-refractivity contribution is 5.87. The Morgan fingerprint density at radius 2 is 2.11 bits per heavy atom. The zero-order valence-electron chi connectivity index (χ0n) is 20.8. The van der Waals surface area contributed by atoms with Crippen molar-refractivity contribution < 1.29 is 28.7 Å². The fraction of sp³-hybridized carbons (Fsp3) is 0.276. The monoisotopic (exact) mass is 512 g/mol. The molecule has 0 radical (unpaired) electrons. The summed E-state index contributed by atoms with van der Waals surface area (Å²) in [5.74, 6) is -0.0140. The molecule has 0 amide bonds. The lowest BCUT2D eigenvalue weighted by Gasteiger charge is -2.31. The molecule has 0 fully saturated rings. The SMILES string of the molecule is CC[C@@]1(O)C(=O)OCc2c1cc1n(c2=O)Cc2cc3cc(OCCC[n+]4cccc(C=O)c4)ccc3nc2-1. The predicted octanol–water partition coefficient (Wildman–Crippen LogP) is 2.65. The third-order valence-electron chi connectivity index (χ3n) is 7.33. The Hall–Kier alpha value is -4.37. The molecule has 5 heterocycles. The van der Waals surface area contributed by atoms with Crippen molar-refractivity contribution in [2.24, 2.45) is 0 Å². The molecule has 192 valence electrons. The van der Waals surface area contributed by atoms with E-state index in [4.69, 9.17) is 14.5 Å². The number of aromatic nitrogens is 3. The molecule has 9 heteroatoms. The quantitative estimate of drug-likeness (QED) is 0.154. The molecule has 0 saturated carbocycles. The lowest BCUT2D eigenvalue weighted by Crippen LogP contribution is -2.44. The van der Waals surface area contributed by atoms with Gasteiger partial charge >= 0.3 is 5.97 Å². The van der Waals surface area contributed by atoms with Gasteiger partial charge in [0.25, 0.3) is 5.56 Å². The molecule has 2 aliphatic heterocycles. The summed E-state index contributed by atoms with van der Waals surface area (Å²) in [5, 5.41) is 11.9. The maximum absolute atomic E-state index is 13.3. The molecule has 38 heavy (non-hydrogen) atoms. The number of fused-ring (bicyclic) bond motifs is 5. The first-order valence-corrected chi connectivity index (χ1v) is 12.6. The summed E-state index contributed by atoms with van der Waals surface area (Å²) in [5.41, 5.74) is 2.01. The predicted molar refractivity (Wildman–Crippen MR) is 137 cm³/mol. The van der Waals surface area contributed by atoms with Gasteiger partial charge in [0.05, 0.1) is 41.2 Å². The van der Waals surface area contributed by atoms with Crippen LogP contribution >= 0.6 is 0 Å². The molecular formula is C29H26N3O6+. The summed E-state index contributed by atoms with van der Waals surface area (Å²) in [6, 6.07) is 13.0. The van der Waals surface area contributed by atoms with Crippen LogP contribution in [0.1, 0.15) is 46.8 Å². The Morgan fingerprint density at radius 3 is 2.92 bits per heavy atom. The molecule has 1 atom stereocenters. The van der Waals surface area contributed by atoms with Crippen molar-refractivity contribution in [3.63, 3.8) is 0 Å². The first-order valence-electron chi connectivity index (χ1n) is 12.6. The first-order chi connectivity index (χ1) is 18.4. The topological polar surface area (TPSA) is 112 Å². The molecule has 6 rings (SSSR count). The molecule has 1 aromatic carbocycles. The number of esters is 1. The number of benzene rings is 1. The molecule has 0 unspecified atom stereocenters. The number of nitrogens with zero attached hydrogens (tertiary/aromatic N) is 3. The summed E-state index contributed by atoms with van der Waals surface area (Å²) in [6.07, 6.45) is 5.43. The Bertz CT molecular complexity index is 1680. The number of hydrogen-bond donors (Lipinski definition) is 1. The summed E-state index contributed by atoms with van der Waals surface area (Å²) in [4.78, 5) is 41.4. The number of carbonyl (C=O) groups is 2. The second kappa shape index (κ2) is 9.18. The molecule has 0 bridgehead atoms. The van der Waals surface area contributed by atoms with E-state index in [1.165, 1.54) is 0 Å². The van der Waals surface area contributed by atoms with Crippen LogP contribution in [-0.2, 0) is 34.8 Å². The van der Waals surface area contributed by atoms with Crippen molar-refractivity contribution >= 4 is 23.2 Å². The van der Waals surface area contributed by atoms with Crippen LogP contribution in [0.25, 0.3) is 22.3 Å². The van der Waals surface area contributed by atoms with E-state index < -0.39 is 11.6 Å². The van der Waals surface area contributed by atoms with E-state index >= 15 is 0 Å². The minimum Gasteiger partial charge on any atom is -0.493 e. The minimum atomic E-state index is -1.84. The van der Waals surface area contributed by atoms with E-state index in [0.29, 0.717) is 41.2 Å². The van der Waals surface area contributed by atoms with Gasteiger partial charge in [0, 0.05) is 29.0 Å². The van der Waals surface area contributed by atoms with E-state index in [-0.39, 0.29) is 18.6 Å². The number of ether oxygens (including phenoxy) is 2. The Balaban J connectivity index is 1.25. The molecule has 0 aliphatic carbocycles. The lowest BCUT2D eigenvalue weighted by atomic mass is 9.86. The number of aldehydes is 1. The van der Waals surface area contributed by atoms with Gasteiger partial charge in [0.2, 0.25) is 0 Å². The lowest BCUT2D eigenvalue weighted by molar-refractivity contribution is -0.697. The van der Waals surface area contributed by atoms with Crippen molar-refractivity contribution in [1.82, 2.24) is 9.55 Å². The summed E-state index contributed by atoms with van der Waals surface area (Å²) in [7, 11) is 0. The highest BCUT2D eigenvalue weighted by Crippen LogP contribution is 2.38. The molecular weight excluding hydrogens is 486 g/mol. The second-order valence-electron chi connectivity index (χ2n) is 9.65. The third kappa shape index (κ3) is 3.86. The van der Waals surface area contributed by atoms with Crippen LogP contribution in [0.5, 0.6) is 5.75 Å². The van der Waals surface area contributed by atoms with Crippen molar-refractivity contribution in [3.8, 4) is 17.1 Å². The van der Waals surface area contributed by atoms with Gasteiger partial charge in [-0.15, -0.1) is 0 Å². The maximum Gasteiger partial charge on any atom is 0.343 e. The van der Waals surface area contributed by atoms with Crippen LogP contribution in [0, 0.1) is 0 Å². The number of aryl methyl sites for hydroxylation is 1. The molecule has 0 saturated heterocycles. The molecule has 1 N–H and O–H groups in total. The van der Waals surface area contributed by atoms with Crippen LogP contribution < -0.4 is 14.9 Å². The minimum absolute atomic E-state index is 0.103. The fourth-order valence-corrected chi connectivity index (χ4v) is 5.24. The van der Waals surface area contributed by atoms with Crippen LogP contribution in [0.15, 0.2) is 59.7 Å². The average molecular weight is 513 g/mol. The second-order valence-corrected chi connectivity index (χ2v) is 9.65. The van der Waals surface area contributed by atoms with E-state index in [1.807, 2.05) is 47.3 Å². The first kappa shape index (κ1) is 24.0. The van der Waals surface area contributed by atoms with Crippen LogP contribution in [0.4, 0.5) is 0 Å². The molecule has 2 aliphatic rings. The number of cyclic esters (lactones) is 1. The van der Waals surface area contributed by atoms with Crippen LogP contribution in [0.3, 0.4) is 0 Å². The maximum atomic E-state index is 13.3. The molecule has 0 spiro atoms. The molecule has 9 nitrogen and oxygen atoms in total. The normalized spacial score (nSPS) is 17.5. The van der Waals surface area contributed by atoms with Crippen molar-refractivity contribution in [3.05, 3.63) is 87.5 Å². The van der Waals surface area contributed by atoms with Crippen LogP contribution in [-0.4, -0.2) is 33.5 Å². The van der Waals surface area contributed by atoms with Gasteiger partial charge in [0.1, 0.15) is 12.4 Å². The fourth-order valence-electron chi connectivity index (χ4n) is 5.24. The highest BCUT2D eigenvalue weighted by atomic mass is 16.6. The average Bonchev–Trinajstić information content (AvgIpc) is 3.30. The summed E-state index contributed by atoms with van der Waals surface area (Å²) >= 11 is 0. The number of carbonyl (C=O) groups excluding carboxylic acids is 2. The van der Waals surface area contributed by atoms with Crippen molar-refractivity contribution in [2.75, 3.05) is 6.61 Å². The summed E-state index contributed by atoms with van der Waals surface area (Å²) < 4.78 is 14.7. The Morgan fingerprint density at radius 1 is 1.24 bits per heavy atom. The zero-order chi connectivity index (χ0) is 26.4. The Labute approximate surface area is 217 Å². The van der Waals surface area contributed by atoms with Crippen molar-refractivity contribution in [1.29, 1.82) is 0 Å². The van der Waals surface area contributed by atoms with Crippen molar-refractivity contribution in [2.45, 2.75) is 45.1 Å². The molecule has 4 aromatic rings. The summed E-state index contributed by atoms with van der Waals surface area (Å²) in [6.45, 7) is 3.12. The highest BCUT2D eigenvalue weighted by Gasteiger charge is 2.45. The number of hydrogen-bond acceptors (Lipinski definition) is 7. The van der Waals surface area contributed by atoms with Gasteiger partial charge in [-0.05, 0) is 42.8 Å². The van der Waals surface area contributed by atoms with E-state index in [0.717, 1.165) is 41.5 Å². The van der Waals surface area contributed by atoms with E-state index in [1.54, 1.807) is 23.6 Å². The standard InChI is InChI=1S/C29H26N3O6/c1-2-29(36)23-13-25-26-20(15-32(25)27(34)22(23)17-38-28(29)35)11-19-12-21(6-7-24(19)30-26)37-10-4-9-31-8-3-5-18(14-31)16-33/h3,5-8,11-14,16,36H,2,4,9-10,15,17H2,1H3/q+1/t29-/m0/s1. The van der Waals surface area contributed by atoms with Gasteiger partial charge in [-0.25, -0.2) is 14.3 Å². The van der Waals surface area contributed by atoms with Gasteiger partial charge < -0.3 is 19.1 Å². The largest absolute Gasteiger partial charge is 0.493 e.